The quantitative estimate of drug-likeness (QED) is 0.280. The van der Waals surface area contributed by atoms with Gasteiger partial charge in [-0.15, -0.1) is 0 Å². The van der Waals surface area contributed by atoms with Crippen molar-refractivity contribution in [3.8, 4) is 5.75 Å². The van der Waals surface area contributed by atoms with Gasteiger partial charge in [0.1, 0.15) is 5.75 Å². The highest BCUT2D eigenvalue weighted by molar-refractivity contribution is 5.86. The second-order valence-electron chi connectivity index (χ2n) is 6.86. The molecule has 1 rings (SSSR count). The molecule has 0 aliphatic heterocycles. The van der Waals surface area contributed by atoms with Crippen LogP contribution < -0.4 is 4.74 Å². The summed E-state index contributed by atoms with van der Waals surface area (Å²) < 4.78 is 87.6. The highest BCUT2D eigenvalue weighted by atomic mass is 19.4. The number of rotatable bonds is 9. The standard InChI is InChI=1S/C22H25F6NO4/c1-5-16(17-11-14(12-19(30)33-4)7-8-18(17)32-3)15(9-10-21(23,24)25)13-29(6-2)20(31)22(26,27)28/h5,7-9,11H,6,10,12-13H2,1-4H3/b15-9-,16-5+. The van der Waals surface area contributed by atoms with Gasteiger partial charge in [0, 0.05) is 18.7 Å². The van der Waals surface area contributed by atoms with Crippen LogP contribution in [0.25, 0.3) is 5.57 Å². The molecule has 184 valence electrons. The number of alkyl halides is 6. The summed E-state index contributed by atoms with van der Waals surface area (Å²) in [5, 5.41) is 0. The summed E-state index contributed by atoms with van der Waals surface area (Å²) in [6.07, 6.45) is -9.20. The zero-order valence-electron chi connectivity index (χ0n) is 18.6. The van der Waals surface area contributed by atoms with E-state index >= 15 is 0 Å². The van der Waals surface area contributed by atoms with Crippen LogP contribution in [-0.4, -0.2) is 56.4 Å². The number of amides is 1. The molecule has 0 aliphatic carbocycles. The summed E-state index contributed by atoms with van der Waals surface area (Å²) >= 11 is 0. The van der Waals surface area contributed by atoms with E-state index in [1.807, 2.05) is 0 Å². The molecule has 1 amide bonds. The molecule has 0 atom stereocenters. The number of halogens is 6. The zero-order chi connectivity index (χ0) is 25.4. The normalized spacial score (nSPS) is 13.0. The van der Waals surface area contributed by atoms with Crippen LogP contribution in [0.3, 0.4) is 0 Å². The SMILES string of the molecule is C/C=C(\C(=C/CC(F)(F)F)CN(CC)C(=O)C(F)(F)F)c1cc(CC(=O)OC)ccc1OC. The lowest BCUT2D eigenvalue weighted by atomic mass is 9.93. The van der Waals surface area contributed by atoms with Crippen molar-refractivity contribution in [2.45, 2.75) is 39.0 Å². The number of carbonyl (C=O) groups is 2. The maximum absolute atomic E-state index is 13.0. The van der Waals surface area contributed by atoms with E-state index in [1.165, 1.54) is 46.3 Å². The molecule has 0 fully saturated rings. The Hall–Kier alpha value is -2.98. The van der Waals surface area contributed by atoms with Gasteiger partial charge in [-0.05, 0) is 42.7 Å². The predicted octanol–water partition coefficient (Wildman–Crippen LogP) is 5.10. The first-order valence-corrected chi connectivity index (χ1v) is 9.80. The van der Waals surface area contributed by atoms with E-state index in [2.05, 4.69) is 4.74 Å². The first-order valence-electron chi connectivity index (χ1n) is 9.80. The minimum Gasteiger partial charge on any atom is -0.496 e. The van der Waals surface area contributed by atoms with Crippen LogP contribution >= 0.6 is 0 Å². The van der Waals surface area contributed by atoms with E-state index in [0.717, 1.165) is 6.08 Å². The Bertz CT molecular complexity index is 903. The molecule has 11 heteroatoms. The molecule has 0 radical (unpaired) electrons. The lowest BCUT2D eigenvalue weighted by Crippen LogP contribution is -2.42. The van der Waals surface area contributed by atoms with E-state index in [9.17, 15) is 35.9 Å². The first kappa shape index (κ1) is 28.1. The van der Waals surface area contributed by atoms with Crippen molar-refractivity contribution in [1.29, 1.82) is 0 Å². The van der Waals surface area contributed by atoms with Gasteiger partial charge in [-0.2, -0.15) is 26.3 Å². The van der Waals surface area contributed by atoms with E-state index in [-0.39, 0.29) is 35.4 Å². The lowest BCUT2D eigenvalue weighted by molar-refractivity contribution is -0.184. The van der Waals surface area contributed by atoms with Gasteiger partial charge in [0.25, 0.3) is 0 Å². The van der Waals surface area contributed by atoms with Crippen LogP contribution in [0, 0.1) is 0 Å². The second-order valence-corrected chi connectivity index (χ2v) is 6.86. The van der Waals surface area contributed by atoms with Gasteiger partial charge in [0.05, 0.1) is 27.1 Å². The number of carbonyl (C=O) groups excluding carboxylic acids is 2. The van der Waals surface area contributed by atoms with Crippen LogP contribution in [0.15, 0.2) is 35.9 Å². The van der Waals surface area contributed by atoms with E-state index in [0.29, 0.717) is 10.5 Å². The van der Waals surface area contributed by atoms with Crippen LogP contribution in [0.2, 0.25) is 0 Å². The average Bonchev–Trinajstić information content (AvgIpc) is 2.74. The highest BCUT2D eigenvalue weighted by Gasteiger charge is 2.42. The first-order chi connectivity index (χ1) is 15.3. The number of methoxy groups -OCH3 is 2. The van der Waals surface area contributed by atoms with Gasteiger partial charge in [-0.25, -0.2) is 0 Å². The third kappa shape index (κ3) is 8.47. The number of allylic oxidation sites excluding steroid dienone is 2. The fraction of sp³-hybridized carbons (Fsp3) is 0.455. The van der Waals surface area contributed by atoms with E-state index in [4.69, 9.17) is 4.74 Å². The Morgan fingerprint density at radius 1 is 1.09 bits per heavy atom. The Balaban J connectivity index is 3.57. The summed E-state index contributed by atoms with van der Waals surface area (Å²) in [4.78, 5) is 23.8. The van der Waals surface area contributed by atoms with E-state index < -0.39 is 37.2 Å². The molecule has 1 aromatic carbocycles. The van der Waals surface area contributed by atoms with Gasteiger partial charge in [-0.1, -0.05) is 18.2 Å². The van der Waals surface area contributed by atoms with Crippen LogP contribution in [-0.2, 0) is 20.7 Å². The van der Waals surface area contributed by atoms with Crippen molar-refractivity contribution >= 4 is 17.4 Å². The number of hydrogen-bond donors (Lipinski definition) is 0. The summed E-state index contributed by atoms with van der Waals surface area (Å²) in [5.74, 6) is -2.50. The molecule has 5 nitrogen and oxygen atoms in total. The molecule has 0 spiro atoms. The summed E-state index contributed by atoms with van der Waals surface area (Å²) in [6, 6.07) is 4.52. The summed E-state index contributed by atoms with van der Waals surface area (Å²) in [5.41, 5.74) is 0.690. The predicted molar refractivity (Wildman–Crippen MR) is 109 cm³/mol. The highest BCUT2D eigenvalue weighted by Crippen LogP contribution is 2.34. The third-order valence-electron chi connectivity index (χ3n) is 4.62. The lowest BCUT2D eigenvalue weighted by Gasteiger charge is -2.25. The monoisotopic (exact) mass is 481 g/mol. The van der Waals surface area contributed by atoms with E-state index in [1.54, 1.807) is 6.07 Å². The Kier molecular flexibility index (Phi) is 10.00. The molecule has 0 heterocycles. The van der Waals surface area contributed by atoms with Gasteiger partial charge < -0.3 is 14.4 Å². The topological polar surface area (TPSA) is 55.8 Å². The van der Waals surface area contributed by atoms with Crippen molar-refractivity contribution in [2.24, 2.45) is 0 Å². The molecule has 0 saturated carbocycles. The number of nitrogens with zero attached hydrogens (tertiary/aromatic N) is 1. The number of benzene rings is 1. The third-order valence-corrected chi connectivity index (χ3v) is 4.62. The summed E-state index contributed by atoms with van der Waals surface area (Å²) in [7, 11) is 2.51. The van der Waals surface area contributed by atoms with Crippen LogP contribution in [0.4, 0.5) is 26.3 Å². The van der Waals surface area contributed by atoms with Crippen molar-refractivity contribution in [3.05, 3.63) is 47.1 Å². The maximum Gasteiger partial charge on any atom is 0.471 e. The van der Waals surface area contributed by atoms with Gasteiger partial charge in [0.2, 0.25) is 0 Å². The maximum atomic E-state index is 13.0. The number of likely N-dealkylation sites (N-methyl/N-ethyl adjacent to an activating group) is 1. The molecule has 0 saturated heterocycles. The molecule has 0 N–H and O–H groups in total. The Labute approximate surface area is 187 Å². The second kappa shape index (κ2) is 11.8. The molecular formula is C22H25F6NO4. The molecule has 0 aliphatic rings. The zero-order valence-corrected chi connectivity index (χ0v) is 18.6. The van der Waals surface area contributed by atoms with Gasteiger partial charge in [-0.3, -0.25) is 9.59 Å². The molecule has 1 aromatic rings. The Morgan fingerprint density at radius 3 is 2.18 bits per heavy atom. The Morgan fingerprint density at radius 2 is 1.73 bits per heavy atom. The molecule has 0 bridgehead atoms. The van der Waals surface area contributed by atoms with Crippen molar-refractivity contribution in [2.75, 3.05) is 27.3 Å². The fourth-order valence-corrected chi connectivity index (χ4v) is 3.04. The fourth-order valence-electron chi connectivity index (χ4n) is 3.04. The van der Waals surface area contributed by atoms with Crippen LogP contribution in [0.5, 0.6) is 5.75 Å². The van der Waals surface area contributed by atoms with Gasteiger partial charge >= 0.3 is 24.2 Å². The molecule has 0 aromatic heterocycles. The van der Waals surface area contributed by atoms with Crippen LogP contribution in [0.1, 0.15) is 31.4 Å². The van der Waals surface area contributed by atoms with Crippen molar-refractivity contribution < 1.29 is 45.4 Å². The molecule has 0 unspecified atom stereocenters. The largest absolute Gasteiger partial charge is 0.496 e. The summed E-state index contributed by atoms with van der Waals surface area (Å²) in [6.45, 7) is 1.69. The van der Waals surface area contributed by atoms with Gasteiger partial charge in [0.15, 0.2) is 0 Å². The number of ether oxygens (including phenoxy) is 2. The molecule has 33 heavy (non-hydrogen) atoms. The minimum absolute atomic E-state index is 0.135. The average molecular weight is 481 g/mol. The minimum atomic E-state index is -5.18. The number of hydrogen-bond acceptors (Lipinski definition) is 4. The number of esters is 1. The molecular weight excluding hydrogens is 456 g/mol. The van der Waals surface area contributed by atoms with Crippen molar-refractivity contribution in [3.63, 3.8) is 0 Å². The smallest absolute Gasteiger partial charge is 0.471 e. The van der Waals surface area contributed by atoms with Crippen molar-refractivity contribution in [1.82, 2.24) is 4.90 Å².